The van der Waals surface area contributed by atoms with Gasteiger partial charge in [0.2, 0.25) is 5.91 Å². The van der Waals surface area contributed by atoms with Gasteiger partial charge in [-0.25, -0.2) is 0 Å². The fourth-order valence-electron chi connectivity index (χ4n) is 5.50. The molecule has 3 aliphatic heterocycles. The van der Waals surface area contributed by atoms with Gasteiger partial charge in [0.15, 0.2) is 5.78 Å². The molecule has 36 heavy (non-hydrogen) atoms. The molecule has 3 fully saturated rings. The fraction of sp³-hybridized carbons (Fsp3) is 0.667. The molecule has 198 valence electrons. The molecule has 9 nitrogen and oxygen atoms in total. The molecule has 0 unspecified atom stereocenters. The monoisotopic (exact) mass is 500 g/mol. The van der Waals surface area contributed by atoms with Crippen molar-refractivity contribution in [2.45, 2.75) is 64.4 Å². The highest BCUT2D eigenvalue weighted by Gasteiger charge is 2.53. The van der Waals surface area contributed by atoms with Gasteiger partial charge in [-0.3, -0.25) is 19.3 Å². The van der Waals surface area contributed by atoms with Crippen LogP contribution in [0.25, 0.3) is 0 Å². The van der Waals surface area contributed by atoms with Crippen LogP contribution in [0.5, 0.6) is 0 Å². The van der Waals surface area contributed by atoms with Gasteiger partial charge in [-0.2, -0.15) is 0 Å². The molecule has 3 saturated heterocycles. The average molecular weight is 501 g/mol. The number of anilines is 1. The largest absolute Gasteiger partial charge is 0.377 e. The molecule has 4 atom stereocenters. The number of ether oxygens (including phenoxy) is 2. The number of hydrogen-bond donors (Lipinski definition) is 1. The molecule has 0 saturated carbocycles. The number of hydrogen-bond acceptors (Lipinski definition) is 7. The maximum atomic E-state index is 13.6. The first-order chi connectivity index (χ1) is 17.2. The summed E-state index contributed by atoms with van der Waals surface area (Å²) < 4.78 is 11.1. The van der Waals surface area contributed by atoms with Gasteiger partial charge < -0.3 is 24.6 Å². The second-order valence-electron chi connectivity index (χ2n) is 10.8. The van der Waals surface area contributed by atoms with E-state index in [-0.39, 0.29) is 42.8 Å². The van der Waals surface area contributed by atoms with Crippen LogP contribution in [0.3, 0.4) is 0 Å². The van der Waals surface area contributed by atoms with E-state index in [0.29, 0.717) is 18.0 Å². The number of rotatable bonds is 8. The Labute approximate surface area is 214 Å². The molecule has 4 rings (SSSR count). The van der Waals surface area contributed by atoms with E-state index in [2.05, 4.69) is 29.0 Å². The van der Waals surface area contributed by atoms with Crippen LogP contribution in [-0.2, 0) is 19.1 Å². The second kappa shape index (κ2) is 11.3. The number of likely N-dealkylation sites (tertiary alicyclic amines) is 1. The molecule has 1 aromatic carbocycles. The number of methoxy groups -OCH3 is 1. The Hall–Kier alpha value is -2.49. The molecule has 0 bridgehead atoms. The summed E-state index contributed by atoms with van der Waals surface area (Å²) in [5, 5.41) is 2.94. The molecule has 0 aromatic heterocycles. The lowest BCUT2D eigenvalue weighted by Crippen LogP contribution is -2.52. The normalized spacial score (nSPS) is 25.5. The van der Waals surface area contributed by atoms with Gasteiger partial charge in [0.05, 0.1) is 6.54 Å². The lowest BCUT2D eigenvalue weighted by atomic mass is 10.0. The first kappa shape index (κ1) is 26.6. The van der Waals surface area contributed by atoms with Crippen LogP contribution >= 0.6 is 0 Å². The summed E-state index contributed by atoms with van der Waals surface area (Å²) in [4.78, 5) is 45.5. The molecule has 1 aromatic rings. The van der Waals surface area contributed by atoms with Crippen LogP contribution in [0.4, 0.5) is 5.69 Å². The quantitative estimate of drug-likeness (QED) is 0.579. The van der Waals surface area contributed by atoms with Gasteiger partial charge in [0, 0.05) is 50.6 Å². The predicted octanol–water partition coefficient (Wildman–Crippen LogP) is 1.56. The molecule has 0 aliphatic carbocycles. The Morgan fingerprint density at radius 3 is 2.33 bits per heavy atom. The number of amides is 2. The summed E-state index contributed by atoms with van der Waals surface area (Å²) in [6.07, 6.45) is -0.323. The van der Waals surface area contributed by atoms with E-state index in [9.17, 15) is 14.4 Å². The van der Waals surface area contributed by atoms with Crippen molar-refractivity contribution in [1.29, 1.82) is 0 Å². The van der Waals surface area contributed by atoms with Crippen LogP contribution in [-0.4, -0.2) is 104 Å². The molecular formula is C27H40N4O5. The third-order valence-electron chi connectivity index (χ3n) is 7.57. The summed E-state index contributed by atoms with van der Waals surface area (Å²) in [6.45, 7) is 12.7. The van der Waals surface area contributed by atoms with Gasteiger partial charge in [-0.1, -0.05) is 13.8 Å². The van der Waals surface area contributed by atoms with Gasteiger partial charge in [0.25, 0.3) is 5.91 Å². The lowest BCUT2D eigenvalue weighted by molar-refractivity contribution is -0.138. The van der Waals surface area contributed by atoms with Crippen molar-refractivity contribution < 1.29 is 23.9 Å². The Bertz CT molecular complexity index is 942. The molecule has 3 aliphatic rings. The minimum Gasteiger partial charge on any atom is -0.377 e. The molecule has 0 radical (unpaired) electrons. The summed E-state index contributed by atoms with van der Waals surface area (Å²) in [7, 11) is 1.56. The SMILES string of the molecule is CO[C@@H]1CN(C(=O)[C@H](CC(C)C)NC(=O)c2ccc(N3CCN(C(C)C)CC3)cc2)[C@@H]2C(=O)CO[C@@H]21. The minimum atomic E-state index is -0.731. The van der Waals surface area contributed by atoms with Crippen LogP contribution in [0.2, 0.25) is 0 Å². The third kappa shape index (κ3) is 5.58. The number of nitrogens with one attached hydrogen (secondary N) is 1. The Morgan fingerprint density at radius 1 is 1.08 bits per heavy atom. The minimum absolute atomic E-state index is 0.0148. The van der Waals surface area contributed by atoms with E-state index in [0.717, 1.165) is 31.9 Å². The molecular weight excluding hydrogens is 460 g/mol. The van der Waals surface area contributed by atoms with E-state index in [1.165, 1.54) is 0 Å². The van der Waals surface area contributed by atoms with Gasteiger partial charge in [-0.15, -0.1) is 0 Å². The van der Waals surface area contributed by atoms with Crippen LogP contribution in [0.15, 0.2) is 24.3 Å². The Kier molecular flexibility index (Phi) is 8.32. The van der Waals surface area contributed by atoms with E-state index in [1.807, 2.05) is 38.1 Å². The molecule has 1 N–H and O–H groups in total. The van der Waals surface area contributed by atoms with Crippen molar-refractivity contribution in [2.75, 3.05) is 51.3 Å². The smallest absolute Gasteiger partial charge is 0.251 e. The maximum Gasteiger partial charge on any atom is 0.251 e. The van der Waals surface area contributed by atoms with Crippen LogP contribution in [0.1, 0.15) is 44.5 Å². The fourth-order valence-corrected chi connectivity index (χ4v) is 5.50. The number of Topliss-reactive ketones (excluding diaryl/α,β-unsaturated/α-hetero) is 1. The number of nitrogens with zero attached hydrogens (tertiary/aromatic N) is 3. The van der Waals surface area contributed by atoms with Gasteiger partial charge in [-0.05, 0) is 50.5 Å². The zero-order chi connectivity index (χ0) is 26.0. The summed E-state index contributed by atoms with van der Waals surface area (Å²) in [5.41, 5.74) is 1.61. The van der Waals surface area contributed by atoms with Gasteiger partial charge >= 0.3 is 0 Å². The highest BCUT2D eigenvalue weighted by Crippen LogP contribution is 2.30. The number of carbonyl (C=O) groups excluding carboxylic acids is 3. The number of ketones is 1. The maximum absolute atomic E-state index is 13.6. The predicted molar refractivity (Wildman–Crippen MR) is 137 cm³/mol. The highest BCUT2D eigenvalue weighted by atomic mass is 16.5. The summed E-state index contributed by atoms with van der Waals surface area (Å²) in [5.74, 6) is -0.492. The Morgan fingerprint density at radius 2 is 1.75 bits per heavy atom. The third-order valence-corrected chi connectivity index (χ3v) is 7.57. The number of carbonyl (C=O) groups is 3. The first-order valence-electron chi connectivity index (χ1n) is 13.1. The van der Waals surface area contributed by atoms with E-state index < -0.39 is 18.2 Å². The van der Waals surface area contributed by atoms with Crippen molar-refractivity contribution in [2.24, 2.45) is 5.92 Å². The van der Waals surface area contributed by atoms with Crippen molar-refractivity contribution >= 4 is 23.3 Å². The average Bonchev–Trinajstić information content (AvgIpc) is 3.43. The van der Waals surface area contributed by atoms with Gasteiger partial charge in [0.1, 0.15) is 30.9 Å². The Balaban J connectivity index is 1.42. The summed E-state index contributed by atoms with van der Waals surface area (Å²) in [6, 6.07) is 6.75. The number of piperazine rings is 1. The van der Waals surface area contributed by atoms with E-state index in [4.69, 9.17) is 9.47 Å². The highest BCUT2D eigenvalue weighted by molar-refractivity contribution is 5.99. The zero-order valence-corrected chi connectivity index (χ0v) is 22.1. The van der Waals surface area contributed by atoms with Crippen LogP contribution in [0, 0.1) is 5.92 Å². The van der Waals surface area contributed by atoms with Crippen molar-refractivity contribution in [3.05, 3.63) is 29.8 Å². The molecule has 3 heterocycles. The molecule has 0 spiro atoms. The first-order valence-corrected chi connectivity index (χ1v) is 13.1. The number of benzene rings is 1. The van der Waals surface area contributed by atoms with Crippen molar-refractivity contribution in [1.82, 2.24) is 15.1 Å². The van der Waals surface area contributed by atoms with Crippen molar-refractivity contribution in [3.63, 3.8) is 0 Å². The number of fused-ring (bicyclic) bond motifs is 1. The molecule has 2 amide bonds. The summed E-state index contributed by atoms with van der Waals surface area (Å²) >= 11 is 0. The van der Waals surface area contributed by atoms with Crippen molar-refractivity contribution in [3.8, 4) is 0 Å². The lowest BCUT2D eigenvalue weighted by Gasteiger charge is -2.38. The van der Waals surface area contributed by atoms with E-state index in [1.54, 1.807) is 12.0 Å². The standard InChI is InChI=1S/C27H40N4O5/c1-17(2)14-21(27(34)31-15-23(35-5)25-24(31)22(32)16-36-25)28-26(33)19-6-8-20(9-7-19)30-12-10-29(11-13-30)18(3)4/h6-9,17-18,21,23-25H,10-16H2,1-5H3,(H,28,33)/t21-,23+,24+,25+/m0/s1. The zero-order valence-electron chi connectivity index (χ0n) is 22.1. The van der Waals surface area contributed by atoms with E-state index >= 15 is 0 Å². The second-order valence-corrected chi connectivity index (χ2v) is 10.8. The van der Waals surface area contributed by atoms with Crippen LogP contribution < -0.4 is 10.2 Å². The topological polar surface area (TPSA) is 91.4 Å². The molecule has 9 heteroatoms.